The molecule has 0 saturated heterocycles. The second kappa shape index (κ2) is 5.41. The molecule has 0 aromatic heterocycles. The van der Waals surface area contributed by atoms with E-state index >= 15 is 0 Å². The highest BCUT2D eigenvalue weighted by Crippen LogP contribution is 2.66. The zero-order valence-corrected chi connectivity index (χ0v) is 13.3. The summed E-state index contributed by atoms with van der Waals surface area (Å²) in [6.45, 7) is 4.74. The van der Waals surface area contributed by atoms with Crippen LogP contribution in [0.25, 0.3) is 0 Å². The van der Waals surface area contributed by atoms with Crippen LogP contribution in [0.2, 0.25) is 0 Å². The Hall–Kier alpha value is 0. The van der Waals surface area contributed by atoms with Gasteiger partial charge in [0, 0.05) is 0 Å². The molecule has 0 aromatic carbocycles. The lowest BCUT2D eigenvalue weighted by Crippen LogP contribution is -2.49. The maximum atomic E-state index is 2.39. The van der Waals surface area contributed by atoms with Crippen LogP contribution in [-0.2, 0) is 0 Å². The van der Waals surface area contributed by atoms with Gasteiger partial charge in [-0.05, 0) is 86.9 Å². The van der Waals surface area contributed by atoms with Crippen LogP contribution in [-0.4, -0.2) is 0 Å². The van der Waals surface area contributed by atoms with E-state index in [2.05, 4.69) is 13.8 Å². The van der Waals surface area contributed by atoms with Gasteiger partial charge in [0.15, 0.2) is 0 Å². The molecule has 3 aliphatic carbocycles. The molecular formula is C19H34. The Kier molecular flexibility index (Phi) is 3.98. The van der Waals surface area contributed by atoms with E-state index in [4.69, 9.17) is 0 Å². The molecule has 0 unspecified atom stereocenters. The summed E-state index contributed by atoms with van der Waals surface area (Å²) >= 11 is 0. The molecule has 0 bridgehead atoms. The van der Waals surface area contributed by atoms with Crippen LogP contribution in [0.15, 0.2) is 0 Å². The standard InChI is InChI=1S/C19H34/c1-3-5-17-8-12-19(13-9-17)14-18(15-19)10-6-16(4-2)7-11-18/h16-17H,3-15H2,1-2H3. The quantitative estimate of drug-likeness (QED) is 0.556. The monoisotopic (exact) mass is 262 g/mol. The molecule has 19 heavy (non-hydrogen) atoms. The fraction of sp³-hybridized carbons (Fsp3) is 1.00. The first-order valence-corrected chi connectivity index (χ1v) is 9.19. The second-order valence-corrected chi connectivity index (χ2v) is 8.44. The van der Waals surface area contributed by atoms with E-state index in [0.29, 0.717) is 0 Å². The maximum absolute atomic E-state index is 2.39. The van der Waals surface area contributed by atoms with Gasteiger partial charge in [-0.15, -0.1) is 0 Å². The van der Waals surface area contributed by atoms with Gasteiger partial charge in [0.25, 0.3) is 0 Å². The molecular weight excluding hydrogens is 228 g/mol. The van der Waals surface area contributed by atoms with Gasteiger partial charge in [0.1, 0.15) is 0 Å². The van der Waals surface area contributed by atoms with Gasteiger partial charge in [-0.1, -0.05) is 33.1 Å². The molecule has 2 spiro atoms. The zero-order valence-electron chi connectivity index (χ0n) is 13.3. The third kappa shape index (κ3) is 2.74. The average Bonchev–Trinajstić information content (AvgIpc) is 2.41. The van der Waals surface area contributed by atoms with E-state index in [0.717, 1.165) is 22.7 Å². The first-order chi connectivity index (χ1) is 9.19. The van der Waals surface area contributed by atoms with E-state index < -0.39 is 0 Å². The van der Waals surface area contributed by atoms with Crippen LogP contribution < -0.4 is 0 Å². The summed E-state index contributed by atoms with van der Waals surface area (Å²) in [6, 6.07) is 0. The zero-order chi connectivity index (χ0) is 13.3. The molecule has 0 aliphatic heterocycles. The molecule has 3 rings (SSSR count). The summed E-state index contributed by atoms with van der Waals surface area (Å²) < 4.78 is 0. The lowest BCUT2D eigenvalue weighted by molar-refractivity contribution is -0.101. The summed E-state index contributed by atoms with van der Waals surface area (Å²) in [6.07, 6.45) is 20.1. The van der Waals surface area contributed by atoms with Crippen LogP contribution in [0.4, 0.5) is 0 Å². The predicted molar refractivity (Wildman–Crippen MR) is 83.2 cm³/mol. The van der Waals surface area contributed by atoms with Gasteiger partial charge in [0.2, 0.25) is 0 Å². The van der Waals surface area contributed by atoms with Gasteiger partial charge in [-0.25, -0.2) is 0 Å². The molecule has 110 valence electrons. The molecule has 3 saturated carbocycles. The first-order valence-electron chi connectivity index (χ1n) is 9.19. The molecule has 0 N–H and O–H groups in total. The minimum Gasteiger partial charge on any atom is -0.0654 e. The highest BCUT2D eigenvalue weighted by molar-refractivity contribution is 5.06. The summed E-state index contributed by atoms with van der Waals surface area (Å²) in [7, 11) is 0. The Morgan fingerprint density at radius 3 is 1.63 bits per heavy atom. The molecule has 0 heterocycles. The molecule has 0 aromatic rings. The topological polar surface area (TPSA) is 0 Å². The van der Waals surface area contributed by atoms with Crippen molar-refractivity contribution in [3.63, 3.8) is 0 Å². The maximum Gasteiger partial charge on any atom is -0.0287 e. The van der Waals surface area contributed by atoms with Crippen molar-refractivity contribution in [3.8, 4) is 0 Å². The van der Waals surface area contributed by atoms with E-state index in [9.17, 15) is 0 Å². The van der Waals surface area contributed by atoms with Crippen molar-refractivity contribution in [3.05, 3.63) is 0 Å². The van der Waals surface area contributed by atoms with E-state index in [1.807, 2.05) is 0 Å². The molecule has 0 atom stereocenters. The summed E-state index contributed by atoms with van der Waals surface area (Å²) in [5.74, 6) is 2.16. The lowest BCUT2D eigenvalue weighted by atomic mass is 9.44. The van der Waals surface area contributed by atoms with E-state index in [1.165, 1.54) is 19.3 Å². The fourth-order valence-corrected chi connectivity index (χ4v) is 5.93. The molecule has 3 aliphatic rings. The van der Waals surface area contributed by atoms with Gasteiger partial charge < -0.3 is 0 Å². The smallest absolute Gasteiger partial charge is 0.0287 e. The Morgan fingerprint density at radius 1 is 0.737 bits per heavy atom. The molecule has 0 nitrogen and oxygen atoms in total. The minimum atomic E-state index is 0.837. The van der Waals surface area contributed by atoms with Crippen molar-refractivity contribution in [2.75, 3.05) is 0 Å². The molecule has 0 amide bonds. The number of hydrogen-bond donors (Lipinski definition) is 0. The van der Waals surface area contributed by atoms with Crippen LogP contribution >= 0.6 is 0 Å². The number of rotatable bonds is 3. The molecule has 3 fully saturated rings. The highest BCUT2D eigenvalue weighted by atomic mass is 14.6. The van der Waals surface area contributed by atoms with Crippen molar-refractivity contribution in [2.45, 2.75) is 97.3 Å². The third-order valence-electron chi connectivity index (χ3n) is 7.11. The van der Waals surface area contributed by atoms with Crippen molar-refractivity contribution in [1.82, 2.24) is 0 Å². The highest BCUT2D eigenvalue weighted by Gasteiger charge is 2.55. The van der Waals surface area contributed by atoms with Gasteiger partial charge >= 0.3 is 0 Å². The Bertz CT molecular complexity index is 277. The normalized spacial score (nSPS) is 46.4. The summed E-state index contributed by atoms with van der Waals surface area (Å²) in [4.78, 5) is 0. The third-order valence-corrected chi connectivity index (χ3v) is 7.11. The largest absolute Gasteiger partial charge is 0.0654 e. The van der Waals surface area contributed by atoms with Crippen molar-refractivity contribution in [1.29, 1.82) is 0 Å². The Labute approximate surface area is 120 Å². The predicted octanol–water partition coefficient (Wildman–Crippen LogP) is 6.34. The fourth-order valence-electron chi connectivity index (χ4n) is 5.93. The van der Waals surface area contributed by atoms with E-state index in [1.54, 1.807) is 64.2 Å². The first kappa shape index (κ1) is 14.0. The van der Waals surface area contributed by atoms with Crippen LogP contribution in [0.5, 0.6) is 0 Å². The average molecular weight is 262 g/mol. The van der Waals surface area contributed by atoms with Crippen molar-refractivity contribution in [2.24, 2.45) is 22.7 Å². The Balaban J connectivity index is 1.47. The second-order valence-electron chi connectivity index (χ2n) is 8.44. The van der Waals surface area contributed by atoms with Crippen LogP contribution in [0.3, 0.4) is 0 Å². The van der Waals surface area contributed by atoms with Crippen molar-refractivity contribution < 1.29 is 0 Å². The van der Waals surface area contributed by atoms with Gasteiger partial charge in [-0.2, -0.15) is 0 Å². The summed E-state index contributed by atoms with van der Waals surface area (Å²) in [5, 5.41) is 0. The molecule has 0 heteroatoms. The van der Waals surface area contributed by atoms with Crippen LogP contribution in [0.1, 0.15) is 97.3 Å². The summed E-state index contributed by atoms with van der Waals surface area (Å²) in [5.41, 5.74) is 1.67. The van der Waals surface area contributed by atoms with Gasteiger partial charge in [-0.3, -0.25) is 0 Å². The van der Waals surface area contributed by atoms with Gasteiger partial charge in [0.05, 0.1) is 0 Å². The Morgan fingerprint density at radius 2 is 1.21 bits per heavy atom. The lowest BCUT2D eigenvalue weighted by Gasteiger charge is -2.61. The van der Waals surface area contributed by atoms with Crippen LogP contribution in [0, 0.1) is 22.7 Å². The van der Waals surface area contributed by atoms with E-state index in [-0.39, 0.29) is 0 Å². The SMILES string of the molecule is CCCC1CCC2(CC1)CC1(CCC(CC)CC1)C2. The number of hydrogen-bond acceptors (Lipinski definition) is 0. The minimum absolute atomic E-state index is 0.837. The van der Waals surface area contributed by atoms with Crippen molar-refractivity contribution >= 4 is 0 Å². The molecule has 0 radical (unpaired) electrons.